The van der Waals surface area contributed by atoms with E-state index in [9.17, 15) is 13.2 Å². The number of nitrogens with one attached hydrogen (secondary N) is 1. The molecule has 1 amide bonds. The van der Waals surface area contributed by atoms with Gasteiger partial charge in [0.25, 0.3) is 15.9 Å². The Morgan fingerprint density at radius 1 is 1.00 bits per heavy atom. The molecule has 1 heterocycles. The summed E-state index contributed by atoms with van der Waals surface area (Å²) in [5, 5.41) is 0. The number of benzene rings is 2. The van der Waals surface area contributed by atoms with Gasteiger partial charge in [-0.2, -0.15) is 0 Å². The van der Waals surface area contributed by atoms with Crippen LogP contribution in [0.4, 0.5) is 0 Å². The molecule has 1 aromatic heterocycles. The lowest BCUT2D eigenvalue weighted by atomic mass is 10.1. The van der Waals surface area contributed by atoms with E-state index in [2.05, 4.69) is 9.71 Å². The van der Waals surface area contributed by atoms with Crippen molar-refractivity contribution in [2.24, 2.45) is 0 Å². The van der Waals surface area contributed by atoms with Gasteiger partial charge in [0.1, 0.15) is 10.6 Å². The summed E-state index contributed by atoms with van der Waals surface area (Å²) >= 11 is 0. The number of aryl methyl sites for hydroxylation is 2. The van der Waals surface area contributed by atoms with Gasteiger partial charge in [0.2, 0.25) is 5.88 Å². The van der Waals surface area contributed by atoms with Crippen LogP contribution in [0.25, 0.3) is 0 Å². The van der Waals surface area contributed by atoms with E-state index < -0.39 is 15.9 Å². The highest BCUT2D eigenvalue weighted by Crippen LogP contribution is 2.20. The predicted octanol–water partition coefficient (Wildman–Crippen LogP) is 3.61. The molecule has 7 heteroatoms. The second kappa shape index (κ2) is 7.59. The highest BCUT2D eigenvalue weighted by Gasteiger charge is 2.20. The van der Waals surface area contributed by atoms with Crippen LogP contribution < -0.4 is 9.46 Å². The Morgan fingerprint density at radius 2 is 1.74 bits per heavy atom. The highest BCUT2D eigenvalue weighted by molar-refractivity contribution is 7.90. The van der Waals surface area contributed by atoms with Gasteiger partial charge in [-0.15, -0.1) is 0 Å². The maximum atomic E-state index is 12.5. The van der Waals surface area contributed by atoms with E-state index >= 15 is 0 Å². The first-order valence-corrected chi connectivity index (χ1v) is 9.67. The summed E-state index contributed by atoms with van der Waals surface area (Å²) in [4.78, 5) is 16.2. The van der Waals surface area contributed by atoms with Gasteiger partial charge in [0.15, 0.2) is 0 Å². The molecule has 0 saturated heterocycles. The molecule has 138 valence electrons. The fraction of sp³-hybridized carbons (Fsp3) is 0.100. The van der Waals surface area contributed by atoms with Crippen LogP contribution in [0.1, 0.15) is 21.5 Å². The maximum Gasteiger partial charge on any atom is 0.265 e. The SMILES string of the molecule is Cc1ccc(C(=O)NS(=O)(=O)c2ccc(Oc3ccccc3)nc2)c(C)c1. The number of sulfonamides is 1. The van der Waals surface area contributed by atoms with E-state index in [-0.39, 0.29) is 10.8 Å². The van der Waals surface area contributed by atoms with Crippen molar-refractivity contribution in [2.45, 2.75) is 18.7 Å². The van der Waals surface area contributed by atoms with E-state index in [0.717, 1.165) is 11.8 Å². The van der Waals surface area contributed by atoms with Crippen LogP contribution in [-0.2, 0) is 10.0 Å². The average molecular weight is 382 g/mol. The number of nitrogens with zero attached hydrogens (tertiary/aromatic N) is 1. The highest BCUT2D eigenvalue weighted by atomic mass is 32.2. The zero-order chi connectivity index (χ0) is 19.4. The van der Waals surface area contributed by atoms with E-state index in [1.807, 2.05) is 31.2 Å². The predicted molar refractivity (Wildman–Crippen MR) is 101 cm³/mol. The quantitative estimate of drug-likeness (QED) is 0.729. The number of carbonyl (C=O) groups is 1. The number of amides is 1. The van der Waals surface area contributed by atoms with Crippen molar-refractivity contribution >= 4 is 15.9 Å². The number of hydrogen-bond donors (Lipinski definition) is 1. The van der Waals surface area contributed by atoms with Gasteiger partial charge in [0.05, 0.1) is 6.20 Å². The molecule has 0 atom stereocenters. The fourth-order valence-corrected chi connectivity index (χ4v) is 3.41. The molecule has 27 heavy (non-hydrogen) atoms. The van der Waals surface area contributed by atoms with Crippen molar-refractivity contribution in [3.05, 3.63) is 83.6 Å². The zero-order valence-electron chi connectivity index (χ0n) is 14.8. The molecule has 3 rings (SSSR count). The molecule has 0 bridgehead atoms. The summed E-state index contributed by atoms with van der Waals surface area (Å²) < 4.78 is 32.5. The zero-order valence-corrected chi connectivity index (χ0v) is 15.7. The fourth-order valence-electron chi connectivity index (χ4n) is 2.50. The molecule has 0 spiro atoms. The smallest absolute Gasteiger partial charge is 0.265 e. The largest absolute Gasteiger partial charge is 0.439 e. The average Bonchev–Trinajstić information content (AvgIpc) is 2.62. The van der Waals surface area contributed by atoms with Crippen molar-refractivity contribution in [1.29, 1.82) is 0 Å². The van der Waals surface area contributed by atoms with Crippen molar-refractivity contribution in [3.63, 3.8) is 0 Å². The lowest BCUT2D eigenvalue weighted by Gasteiger charge is -2.10. The molecule has 0 aliphatic heterocycles. The Morgan fingerprint density at radius 3 is 2.37 bits per heavy atom. The second-order valence-electron chi connectivity index (χ2n) is 6.00. The summed E-state index contributed by atoms with van der Waals surface area (Å²) in [6, 6.07) is 17.0. The first kappa shape index (κ1) is 18.6. The van der Waals surface area contributed by atoms with Crippen LogP contribution in [0.3, 0.4) is 0 Å². The third-order valence-corrected chi connectivity index (χ3v) is 5.15. The number of rotatable bonds is 5. The van der Waals surface area contributed by atoms with Crippen LogP contribution in [0, 0.1) is 13.8 Å². The minimum Gasteiger partial charge on any atom is -0.439 e. The molecule has 3 aromatic rings. The third kappa shape index (κ3) is 4.51. The number of para-hydroxylation sites is 1. The Kier molecular flexibility index (Phi) is 5.23. The standard InChI is InChI=1S/C20H18N2O4S/c1-14-8-10-18(15(2)12-14)20(23)22-27(24,25)17-9-11-19(21-13-17)26-16-6-4-3-5-7-16/h3-13H,1-2H3,(H,22,23). The summed E-state index contributed by atoms with van der Waals surface area (Å²) in [6.45, 7) is 3.65. The van der Waals surface area contributed by atoms with Crippen LogP contribution >= 0.6 is 0 Å². The topological polar surface area (TPSA) is 85.4 Å². The van der Waals surface area contributed by atoms with Gasteiger partial charge in [-0.1, -0.05) is 35.9 Å². The molecule has 0 saturated carbocycles. The van der Waals surface area contributed by atoms with Crippen LogP contribution in [-0.4, -0.2) is 19.3 Å². The first-order chi connectivity index (χ1) is 12.8. The van der Waals surface area contributed by atoms with Crippen LogP contribution in [0.2, 0.25) is 0 Å². The van der Waals surface area contributed by atoms with Gasteiger partial charge in [-0.05, 0) is 43.7 Å². The summed E-state index contributed by atoms with van der Waals surface area (Å²) in [5.74, 6) is 0.154. The molecule has 1 N–H and O–H groups in total. The number of aromatic nitrogens is 1. The van der Waals surface area contributed by atoms with Crippen molar-refractivity contribution in [3.8, 4) is 11.6 Å². The van der Waals surface area contributed by atoms with Crippen molar-refractivity contribution < 1.29 is 17.9 Å². The van der Waals surface area contributed by atoms with Gasteiger partial charge >= 0.3 is 0 Å². The summed E-state index contributed by atoms with van der Waals surface area (Å²) in [6.07, 6.45) is 1.15. The minimum atomic E-state index is -4.04. The maximum absolute atomic E-state index is 12.5. The first-order valence-electron chi connectivity index (χ1n) is 8.18. The Balaban J connectivity index is 1.75. The van der Waals surface area contributed by atoms with Crippen LogP contribution in [0.5, 0.6) is 11.6 Å². The normalized spacial score (nSPS) is 11.0. The second-order valence-corrected chi connectivity index (χ2v) is 7.68. The molecular weight excluding hydrogens is 364 g/mol. The molecule has 0 fully saturated rings. The van der Waals surface area contributed by atoms with Crippen molar-refractivity contribution in [2.75, 3.05) is 0 Å². The Labute approximate surface area is 157 Å². The minimum absolute atomic E-state index is 0.124. The lowest BCUT2D eigenvalue weighted by Crippen LogP contribution is -2.31. The summed E-state index contributed by atoms with van der Waals surface area (Å²) in [7, 11) is -4.04. The summed E-state index contributed by atoms with van der Waals surface area (Å²) in [5.41, 5.74) is 2.00. The van der Waals surface area contributed by atoms with Gasteiger partial charge in [0, 0.05) is 11.6 Å². The Bertz CT molecular complexity index is 1060. The molecule has 0 radical (unpaired) electrons. The van der Waals surface area contributed by atoms with Gasteiger partial charge in [-0.25, -0.2) is 18.1 Å². The van der Waals surface area contributed by atoms with E-state index in [1.165, 1.54) is 12.1 Å². The van der Waals surface area contributed by atoms with Gasteiger partial charge in [-0.3, -0.25) is 4.79 Å². The number of hydrogen-bond acceptors (Lipinski definition) is 5. The molecule has 2 aromatic carbocycles. The van der Waals surface area contributed by atoms with Crippen molar-refractivity contribution in [1.82, 2.24) is 9.71 Å². The van der Waals surface area contributed by atoms with Crippen LogP contribution in [0.15, 0.2) is 71.8 Å². The molecule has 0 aliphatic carbocycles. The Hall–Kier alpha value is -3.19. The monoisotopic (exact) mass is 382 g/mol. The molecule has 0 unspecified atom stereocenters. The molecule has 0 aliphatic rings. The molecule has 6 nitrogen and oxygen atoms in total. The van der Waals surface area contributed by atoms with Gasteiger partial charge < -0.3 is 4.74 Å². The van der Waals surface area contributed by atoms with E-state index in [0.29, 0.717) is 16.9 Å². The lowest BCUT2D eigenvalue weighted by molar-refractivity contribution is 0.0981. The third-order valence-electron chi connectivity index (χ3n) is 3.84. The number of ether oxygens (including phenoxy) is 1. The number of pyridine rings is 1. The van der Waals surface area contributed by atoms with E-state index in [4.69, 9.17) is 4.74 Å². The molecular formula is C20H18N2O4S. The number of carbonyl (C=O) groups excluding carboxylic acids is 1. The van der Waals surface area contributed by atoms with E-state index in [1.54, 1.807) is 31.2 Å².